The van der Waals surface area contributed by atoms with Crippen molar-refractivity contribution < 1.29 is 4.42 Å². The second kappa shape index (κ2) is 5.19. The summed E-state index contributed by atoms with van der Waals surface area (Å²) in [5, 5.41) is 0. The van der Waals surface area contributed by atoms with E-state index in [0.717, 1.165) is 36.7 Å². The normalized spacial score (nSPS) is 12.9. The van der Waals surface area contributed by atoms with Gasteiger partial charge in [0.1, 0.15) is 23.4 Å². The van der Waals surface area contributed by atoms with Gasteiger partial charge in [0.2, 0.25) is 0 Å². The minimum Gasteiger partial charge on any atom is -0.464 e. The Kier molecular flexibility index (Phi) is 3.64. The van der Waals surface area contributed by atoms with E-state index in [1.54, 1.807) is 6.20 Å². The van der Waals surface area contributed by atoms with Gasteiger partial charge in [0, 0.05) is 25.4 Å². The van der Waals surface area contributed by atoms with Crippen LogP contribution in [0.2, 0.25) is 0 Å². The molecule has 17 heavy (non-hydrogen) atoms. The molecule has 4 heteroatoms. The van der Waals surface area contributed by atoms with Crippen LogP contribution in [0.15, 0.2) is 28.9 Å². The van der Waals surface area contributed by atoms with Crippen molar-refractivity contribution in [1.29, 1.82) is 0 Å². The lowest BCUT2D eigenvalue weighted by Crippen LogP contribution is -2.17. The van der Waals surface area contributed by atoms with E-state index < -0.39 is 0 Å². The van der Waals surface area contributed by atoms with Gasteiger partial charge in [-0.25, -0.2) is 4.98 Å². The molecule has 0 amide bonds. The lowest BCUT2D eigenvalue weighted by atomic mass is 10.2. The molecule has 0 spiro atoms. The number of hydrogen-bond acceptors (Lipinski definition) is 3. The maximum absolute atomic E-state index is 6.18. The maximum atomic E-state index is 6.18. The number of aryl methyl sites for hydroxylation is 2. The molecule has 0 bridgehead atoms. The zero-order valence-corrected chi connectivity index (χ0v) is 10.4. The molecule has 1 unspecified atom stereocenters. The van der Waals surface area contributed by atoms with Crippen LogP contribution in [0.25, 0.3) is 0 Å². The lowest BCUT2D eigenvalue weighted by molar-refractivity contribution is 0.441. The van der Waals surface area contributed by atoms with Crippen LogP contribution in [0.5, 0.6) is 0 Å². The third-order valence-electron chi connectivity index (χ3n) is 2.83. The Bertz CT molecular complexity index is 472. The van der Waals surface area contributed by atoms with E-state index >= 15 is 0 Å². The molecule has 0 radical (unpaired) electrons. The monoisotopic (exact) mass is 233 g/mol. The summed E-state index contributed by atoms with van der Waals surface area (Å²) in [5.74, 6) is 2.61. The molecule has 2 rings (SSSR count). The zero-order chi connectivity index (χ0) is 12.3. The Morgan fingerprint density at radius 3 is 2.88 bits per heavy atom. The third-order valence-corrected chi connectivity index (χ3v) is 2.83. The van der Waals surface area contributed by atoms with Crippen LogP contribution in [0.4, 0.5) is 0 Å². The molecule has 92 valence electrons. The summed E-state index contributed by atoms with van der Waals surface area (Å²) >= 11 is 0. The van der Waals surface area contributed by atoms with Gasteiger partial charge >= 0.3 is 0 Å². The van der Waals surface area contributed by atoms with Crippen LogP contribution in [-0.4, -0.2) is 9.55 Å². The second-order valence-electron chi connectivity index (χ2n) is 4.11. The van der Waals surface area contributed by atoms with Crippen molar-refractivity contribution in [3.63, 3.8) is 0 Å². The number of imidazole rings is 1. The van der Waals surface area contributed by atoms with Crippen LogP contribution in [-0.2, 0) is 13.0 Å². The molecule has 2 aromatic heterocycles. The van der Waals surface area contributed by atoms with Crippen LogP contribution >= 0.6 is 0 Å². The summed E-state index contributed by atoms with van der Waals surface area (Å²) in [6.07, 6.45) is 5.70. The van der Waals surface area contributed by atoms with Gasteiger partial charge in [-0.15, -0.1) is 0 Å². The Labute approximate surface area is 101 Å². The minimum atomic E-state index is -0.281. The second-order valence-corrected chi connectivity index (χ2v) is 4.11. The zero-order valence-electron chi connectivity index (χ0n) is 10.4. The van der Waals surface area contributed by atoms with Gasteiger partial charge < -0.3 is 14.7 Å². The highest BCUT2D eigenvalue weighted by Gasteiger charge is 2.17. The summed E-state index contributed by atoms with van der Waals surface area (Å²) in [5.41, 5.74) is 6.18. The van der Waals surface area contributed by atoms with Gasteiger partial charge in [-0.05, 0) is 18.6 Å². The Morgan fingerprint density at radius 2 is 2.24 bits per heavy atom. The fraction of sp³-hybridized carbons (Fsp3) is 0.462. The molecule has 4 nitrogen and oxygen atoms in total. The standard InChI is InChI=1S/C13H19N3O/c1-3-8-16-9-7-15-13(16)12(14)11-6-5-10(4-2)17-11/h5-7,9,12H,3-4,8,14H2,1-2H3. The summed E-state index contributed by atoms with van der Waals surface area (Å²) in [6.45, 7) is 5.13. The van der Waals surface area contributed by atoms with Gasteiger partial charge in [-0.2, -0.15) is 0 Å². The Morgan fingerprint density at radius 1 is 1.41 bits per heavy atom. The molecular formula is C13H19N3O. The van der Waals surface area contributed by atoms with Gasteiger partial charge in [0.25, 0.3) is 0 Å². The molecule has 1 atom stereocenters. The molecular weight excluding hydrogens is 214 g/mol. The van der Waals surface area contributed by atoms with Crippen molar-refractivity contribution in [2.45, 2.75) is 39.3 Å². The summed E-state index contributed by atoms with van der Waals surface area (Å²) in [6, 6.07) is 3.63. The molecule has 0 aromatic carbocycles. The number of nitrogens with zero attached hydrogens (tertiary/aromatic N) is 2. The SMILES string of the molecule is CCCn1ccnc1C(N)c1ccc(CC)o1. The number of hydrogen-bond donors (Lipinski definition) is 1. The fourth-order valence-corrected chi connectivity index (χ4v) is 1.91. The lowest BCUT2D eigenvalue weighted by Gasteiger charge is -2.11. The van der Waals surface area contributed by atoms with E-state index in [-0.39, 0.29) is 6.04 Å². The quantitative estimate of drug-likeness (QED) is 0.863. The molecule has 2 N–H and O–H groups in total. The van der Waals surface area contributed by atoms with Crippen molar-refractivity contribution in [3.8, 4) is 0 Å². The molecule has 0 aliphatic carbocycles. The first-order chi connectivity index (χ1) is 8.26. The van der Waals surface area contributed by atoms with Crippen molar-refractivity contribution >= 4 is 0 Å². The minimum absolute atomic E-state index is 0.281. The highest BCUT2D eigenvalue weighted by Crippen LogP contribution is 2.21. The third kappa shape index (κ3) is 2.42. The van der Waals surface area contributed by atoms with Crippen LogP contribution in [0.1, 0.15) is 43.7 Å². The molecule has 0 fully saturated rings. The van der Waals surface area contributed by atoms with Crippen LogP contribution in [0.3, 0.4) is 0 Å². The van der Waals surface area contributed by atoms with Gasteiger partial charge in [-0.1, -0.05) is 13.8 Å². The molecule has 2 heterocycles. The average molecular weight is 233 g/mol. The van der Waals surface area contributed by atoms with Crippen molar-refractivity contribution in [2.75, 3.05) is 0 Å². The highest BCUT2D eigenvalue weighted by atomic mass is 16.3. The largest absolute Gasteiger partial charge is 0.464 e. The summed E-state index contributed by atoms with van der Waals surface area (Å²) in [4.78, 5) is 4.32. The van der Waals surface area contributed by atoms with E-state index in [4.69, 9.17) is 10.2 Å². The topological polar surface area (TPSA) is 57.0 Å². The number of aromatic nitrogens is 2. The van der Waals surface area contributed by atoms with E-state index in [9.17, 15) is 0 Å². The number of furan rings is 1. The Hall–Kier alpha value is -1.55. The summed E-state index contributed by atoms with van der Waals surface area (Å²) in [7, 11) is 0. The van der Waals surface area contributed by atoms with Gasteiger partial charge in [0.05, 0.1) is 0 Å². The fourth-order valence-electron chi connectivity index (χ4n) is 1.91. The first kappa shape index (κ1) is 11.9. The smallest absolute Gasteiger partial charge is 0.133 e. The number of nitrogens with two attached hydrogens (primary N) is 1. The highest BCUT2D eigenvalue weighted by molar-refractivity contribution is 5.17. The van der Waals surface area contributed by atoms with Crippen molar-refractivity contribution in [2.24, 2.45) is 5.73 Å². The van der Waals surface area contributed by atoms with Gasteiger partial charge in [-0.3, -0.25) is 0 Å². The van der Waals surface area contributed by atoms with Crippen LogP contribution in [0, 0.1) is 0 Å². The molecule has 0 saturated carbocycles. The predicted molar refractivity (Wildman–Crippen MR) is 66.6 cm³/mol. The van der Waals surface area contributed by atoms with Crippen molar-refractivity contribution in [3.05, 3.63) is 41.9 Å². The predicted octanol–water partition coefficient (Wildman–Crippen LogP) is 2.50. The first-order valence-corrected chi connectivity index (χ1v) is 6.11. The van der Waals surface area contributed by atoms with E-state index in [0.29, 0.717) is 0 Å². The summed E-state index contributed by atoms with van der Waals surface area (Å²) < 4.78 is 7.76. The van der Waals surface area contributed by atoms with E-state index in [2.05, 4.69) is 23.4 Å². The van der Waals surface area contributed by atoms with E-state index in [1.165, 1.54) is 0 Å². The average Bonchev–Trinajstić information content (AvgIpc) is 2.97. The van der Waals surface area contributed by atoms with Crippen LogP contribution < -0.4 is 5.73 Å². The maximum Gasteiger partial charge on any atom is 0.133 e. The molecule has 0 saturated heterocycles. The molecule has 0 aliphatic rings. The Balaban J connectivity index is 2.23. The van der Waals surface area contributed by atoms with Gasteiger partial charge in [0.15, 0.2) is 0 Å². The van der Waals surface area contributed by atoms with Crippen molar-refractivity contribution in [1.82, 2.24) is 9.55 Å². The number of rotatable bonds is 5. The molecule has 0 aliphatic heterocycles. The first-order valence-electron chi connectivity index (χ1n) is 6.11. The molecule has 2 aromatic rings. The van der Waals surface area contributed by atoms with E-state index in [1.807, 2.05) is 18.3 Å².